The summed E-state index contributed by atoms with van der Waals surface area (Å²) in [5.74, 6) is -0.182. The third kappa shape index (κ3) is 2.53. The number of pyridine rings is 1. The molecule has 87 valence electrons. The van der Waals surface area contributed by atoms with Gasteiger partial charge in [-0.05, 0) is 12.1 Å². The van der Waals surface area contributed by atoms with Crippen molar-refractivity contribution in [3.05, 3.63) is 48.3 Å². The molecule has 0 aliphatic rings. The zero-order valence-corrected chi connectivity index (χ0v) is 9.77. The minimum Gasteiger partial charge on any atom is -0.324 e. The van der Waals surface area contributed by atoms with E-state index in [0.29, 0.717) is 11.3 Å². The molecule has 0 unspecified atom stereocenters. The Labute approximate surface area is 105 Å². The van der Waals surface area contributed by atoms with Crippen LogP contribution < -0.4 is 5.32 Å². The quantitative estimate of drug-likeness (QED) is 0.870. The molecule has 1 aromatic carbocycles. The van der Waals surface area contributed by atoms with Crippen LogP contribution in [0.1, 0.15) is 12.5 Å². The van der Waals surface area contributed by atoms with Crippen molar-refractivity contribution in [1.29, 1.82) is 5.26 Å². The van der Waals surface area contributed by atoms with Crippen molar-refractivity contribution in [2.75, 3.05) is 5.32 Å². The molecule has 1 N–H and O–H groups in total. The molecule has 1 aromatic heterocycles. The van der Waals surface area contributed by atoms with Gasteiger partial charge in [0.15, 0.2) is 0 Å². The number of anilines is 1. The smallest absolute Gasteiger partial charge is 0.221 e. The first-order chi connectivity index (χ1) is 8.70. The number of rotatable bonds is 2. The van der Waals surface area contributed by atoms with Gasteiger partial charge < -0.3 is 5.32 Å². The Morgan fingerprint density at radius 1 is 1.44 bits per heavy atom. The van der Waals surface area contributed by atoms with E-state index in [1.165, 1.54) is 6.92 Å². The Bertz CT molecular complexity index is 629. The Hall–Kier alpha value is -2.67. The third-order valence-electron chi connectivity index (χ3n) is 2.36. The fraction of sp³-hybridized carbons (Fsp3) is 0.0714. The molecule has 0 bridgehead atoms. The van der Waals surface area contributed by atoms with E-state index >= 15 is 0 Å². The van der Waals surface area contributed by atoms with Crippen molar-refractivity contribution in [3.8, 4) is 17.2 Å². The van der Waals surface area contributed by atoms with Gasteiger partial charge in [-0.1, -0.05) is 18.2 Å². The van der Waals surface area contributed by atoms with Crippen LogP contribution in [0.4, 0.5) is 5.69 Å². The molecule has 2 rings (SSSR count). The zero-order valence-electron chi connectivity index (χ0n) is 9.77. The molecule has 0 atom stereocenters. The lowest BCUT2D eigenvalue weighted by Crippen LogP contribution is -2.06. The second kappa shape index (κ2) is 5.11. The molecule has 4 heteroatoms. The van der Waals surface area contributed by atoms with E-state index < -0.39 is 0 Å². The topological polar surface area (TPSA) is 65.8 Å². The van der Waals surface area contributed by atoms with Crippen molar-refractivity contribution in [2.45, 2.75) is 6.92 Å². The van der Waals surface area contributed by atoms with Crippen molar-refractivity contribution in [1.82, 2.24) is 4.98 Å². The number of nitrogens with zero attached hydrogens (tertiary/aromatic N) is 2. The number of carbonyl (C=O) groups is 1. The average molecular weight is 236 g/mol. The lowest BCUT2D eigenvalue weighted by Gasteiger charge is -2.06. The molecule has 1 heterocycles. The molecule has 0 fully saturated rings. The van der Waals surface area contributed by atoms with Gasteiger partial charge in [-0.3, -0.25) is 9.78 Å². The van der Waals surface area contributed by atoms with E-state index in [1.807, 2.05) is 12.1 Å². The highest BCUT2D eigenvalue weighted by Crippen LogP contribution is 2.24. The van der Waals surface area contributed by atoms with Gasteiger partial charge in [0.1, 0.15) is 6.20 Å². The SMILES string of the molecule is CC(=O)Nc1[c]ncc(-c2ccccc2C#N)c1. The minimum atomic E-state index is -0.182. The van der Waals surface area contributed by atoms with Crippen LogP contribution in [0.15, 0.2) is 36.5 Å². The standard InChI is InChI=1S/C14H10N3O/c1-10(18)17-13-6-12(8-16-9-13)14-5-3-2-4-11(14)7-15/h2-6,8H,1H3,(H,17,18). The molecule has 0 saturated heterocycles. The molecule has 2 aromatic rings. The number of nitrogens with one attached hydrogen (secondary N) is 1. The molecule has 18 heavy (non-hydrogen) atoms. The van der Waals surface area contributed by atoms with Crippen molar-refractivity contribution >= 4 is 11.6 Å². The molecular weight excluding hydrogens is 226 g/mol. The molecule has 0 aliphatic heterocycles. The average Bonchev–Trinajstić information content (AvgIpc) is 2.38. The fourth-order valence-electron chi connectivity index (χ4n) is 1.63. The van der Waals surface area contributed by atoms with Gasteiger partial charge in [0, 0.05) is 24.2 Å². The summed E-state index contributed by atoms with van der Waals surface area (Å²) in [6.45, 7) is 1.42. The Kier molecular flexibility index (Phi) is 3.35. The summed E-state index contributed by atoms with van der Waals surface area (Å²) in [5.41, 5.74) is 2.62. The van der Waals surface area contributed by atoms with Gasteiger partial charge in [-0.25, -0.2) is 0 Å². The van der Waals surface area contributed by atoms with E-state index in [1.54, 1.807) is 24.4 Å². The normalized spacial score (nSPS) is 9.56. The van der Waals surface area contributed by atoms with Gasteiger partial charge in [0.05, 0.1) is 17.3 Å². The highest BCUT2D eigenvalue weighted by molar-refractivity contribution is 5.89. The second-order valence-corrected chi connectivity index (χ2v) is 3.72. The molecule has 4 nitrogen and oxygen atoms in total. The van der Waals surface area contributed by atoms with E-state index in [9.17, 15) is 4.79 Å². The summed E-state index contributed by atoms with van der Waals surface area (Å²) < 4.78 is 0. The van der Waals surface area contributed by atoms with E-state index in [2.05, 4.69) is 22.6 Å². The van der Waals surface area contributed by atoms with Gasteiger partial charge >= 0.3 is 0 Å². The predicted octanol–water partition coefficient (Wildman–Crippen LogP) is 2.38. The van der Waals surface area contributed by atoms with Crippen LogP contribution in [0.5, 0.6) is 0 Å². The molecule has 0 aliphatic carbocycles. The lowest BCUT2D eigenvalue weighted by molar-refractivity contribution is -0.114. The molecular formula is C14H10N3O. The molecule has 0 saturated carbocycles. The first-order valence-corrected chi connectivity index (χ1v) is 5.35. The molecule has 1 radical (unpaired) electrons. The number of hydrogen-bond acceptors (Lipinski definition) is 3. The van der Waals surface area contributed by atoms with Crippen LogP contribution >= 0.6 is 0 Å². The van der Waals surface area contributed by atoms with Crippen LogP contribution in [0.2, 0.25) is 0 Å². The summed E-state index contributed by atoms with van der Waals surface area (Å²) >= 11 is 0. The zero-order chi connectivity index (χ0) is 13.0. The summed E-state index contributed by atoms with van der Waals surface area (Å²) in [7, 11) is 0. The largest absolute Gasteiger partial charge is 0.324 e. The maximum Gasteiger partial charge on any atom is 0.221 e. The Morgan fingerprint density at radius 3 is 2.94 bits per heavy atom. The molecule has 0 spiro atoms. The van der Waals surface area contributed by atoms with Crippen LogP contribution in [0, 0.1) is 17.5 Å². The van der Waals surface area contributed by atoms with Gasteiger partial charge in [-0.15, -0.1) is 0 Å². The van der Waals surface area contributed by atoms with Crippen molar-refractivity contribution in [3.63, 3.8) is 0 Å². The monoisotopic (exact) mass is 236 g/mol. The highest BCUT2D eigenvalue weighted by Gasteiger charge is 2.06. The van der Waals surface area contributed by atoms with Crippen molar-refractivity contribution in [2.24, 2.45) is 0 Å². The minimum absolute atomic E-state index is 0.182. The van der Waals surface area contributed by atoms with E-state index in [-0.39, 0.29) is 5.91 Å². The summed E-state index contributed by atoms with van der Waals surface area (Å²) in [6.07, 6.45) is 4.30. The predicted molar refractivity (Wildman–Crippen MR) is 67.5 cm³/mol. The first-order valence-electron chi connectivity index (χ1n) is 5.35. The fourth-order valence-corrected chi connectivity index (χ4v) is 1.63. The number of benzene rings is 1. The summed E-state index contributed by atoms with van der Waals surface area (Å²) in [6, 6.07) is 11.1. The van der Waals surface area contributed by atoms with E-state index in [0.717, 1.165) is 11.1 Å². The van der Waals surface area contributed by atoms with Crippen molar-refractivity contribution < 1.29 is 4.79 Å². The number of carbonyl (C=O) groups excluding carboxylic acids is 1. The summed E-state index contributed by atoms with van der Waals surface area (Å²) in [5, 5.41) is 11.7. The highest BCUT2D eigenvalue weighted by atomic mass is 16.1. The number of nitriles is 1. The Balaban J connectivity index is 2.45. The van der Waals surface area contributed by atoms with Crippen LogP contribution in [-0.2, 0) is 4.79 Å². The maximum atomic E-state index is 11.0. The summed E-state index contributed by atoms with van der Waals surface area (Å²) in [4.78, 5) is 14.9. The first kappa shape index (κ1) is 11.8. The number of aromatic nitrogens is 1. The third-order valence-corrected chi connectivity index (χ3v) is 2.36. The lowest BCUT2D eigenvalue weighted by atomic mass is 10.0. The van der Waals surface area contributed by atoms with Gasteiger partial charge in [-0.2, -0.15) is 5.26 Å². The number of hydrogen-bond donors (Lipinski definition) is 1. The van der Waals surface area contributed by atoms with Crippen LogP contribution in [0.3, 0.4) is 0 Å². The Morgan fingerprint density at radius 2 is 2.22 bits per heavy atom. The second-order valence-electron chi connectivity index (χ2n) is 3.72. The van der Waals surface area contributed by atoms with E-state index in [4.69, 9.17) is 5.26 Å². The van der Waals surface area contributed by atoms with Gasteiger partial charge in [0.25, 0.3) is 0 Å². The maximum absolute atomic E-state index is 11.0. The van der Waals surface area contributed by atoms with Gasteiger partial charge in [0.2, 0.25) is 5.91 Å². The van der Waals surface area contributed by atoms with Crippen LogP contribution in [-0.4, -0.2) is 10.9 Å². The number of amides is 1. The molecule has 1 amide bonds. The van der Waals surface area contributed by atoms with Crippen LogP contribution in [0.25, 0.3) is 11.1 Å².